The van der Waals surface area contributed by atoms with E-state index in [0.717, 1.165) is 27.1 Å². The molecule has 0 unspecified atom stereocenters. The third-order valence-corrected chi connectivity index (χ3v) is 24.2. The largest absolute Gasteiger partial charge is 0.497 e. The van der Waals surface area contributed by atoms with Gasteiger partial charge in [-0.2, -0.15) is 0 Å². The lowest BCUT2D eigenvalue weighted by Crippen LogP contribution is -2.68. The van der Waals surface area contributed by atoms with Crippen LogP contribution in [0.4, 0.5) is 0 Å². The van der Waals surface area contributed by atoms with Crippen LogP contribution in [-0.4, -0.2) is 132 Å². The minimum Gasteiger partial charge on any atom is -0.497 e. The molecule has 0 amide bonds. The predicted octanol–water partition coefficient (Wildman–Crippen LogP) is 13.3. The number of carbonyl (C=O) groups excluding carboxylic acids is 4. The van der Waals surface area contributed by atoms with E-state index in [-0.39, 0.29) is 60.9 Å². The van der Waals surface area contributed by atoms with E-state index in [1.165, 1.54) is 39.0 Å². The van der Waals surface area contributed by atoms with Crippen LogP contribution >= 0.6 is 11.8 Å². The number of benzene rings is 4. The maximum absolute atomic E-state index is 15.1. The first-order chi connectivity index (χ1) is 43.9. The Morgan fingerprint density at radius 2 is 1.35 bits per heavy atom. The van der Waals surface area contributed by atoms with Gasteiger partial charge in [0.2, 0.25) is 11.6 Å². The number of Topliss-reactive ketones (excluding diaryl/α,β-unsaturated/α-hetero) is 1. The van der Waals surface area contributed by atoms with Crippen molar-refractivity contribution in [3.63, 3.8) is 0 Å². The van der Waals surface area contributed by atoms with Crippen molar-refractivity contribution in [3.8, 4) is 5.75 Å². The maximum Gasteiger partial charge on any atom is 0.330 e. The summed E-state index contributed by atoms with van der Waals surface area (Å²) >= 11 is 1.30. The zero-order valence-corrected chi connectivity index (χ0v) is 59.6. The van der Waals surface area contributed by atoms with Crippen molar-refractivity contribution in [1.29, 1.82) is 0 Å². The first-order valence-corrected chi connectivity index (χ1v) is 35.1. The molecule has 0 N–H and O–H groups in total. The Balaban J connectivity index is 1.17. The van der Waals surface area contributed by atoms with Gasteiger partial charge in [0, 0.05) is 75.1 Å². The number of ether oxygens (including phenoxy) is 11. The molecule has 0 aliphatic carbocycles. The molecule has 18 heteroatoms. The fourth-order valence-electron chi connectivity index (χ4n) is 13.3. The average molecular weight is 1320 g/mol. The number of thioether (sulfide) groups is 1. The fourth-order valence-corrected chi connectivity index (χ4v) is 18.9. The summed E-state index contributed by atoms with van der Waals surface area (Å²) < 4.78 is 77.5. The van der Waals surface area contributed by atoms with Gasteiger partial charge in [-0.15, -0.1) is 0 Å². The smallest absolute Gasteiger partial charge is 0.330 e. The average Bonchev–Trinajstić information content (AvgIpc) is 0.756. The van der Waals surface area contributed by atoms with Crippen molar-refractivity contribution < 1.29 is 75.7 Å². The molecule has 10 atom stereocenters. The quantitative estimate of drug-likeness (QED) is 0.0125. The number of ketones is 1. The molecule has 0 saturated carbocycles. The van der Waals surface area contributed by atoms with Crippen LogP contribution in [0.2, 0.25) is 5.04 Å². The number of rotatable bonds is 29. The number of esters is 2. The third kappa shape index (κ3) is 18.9. The Morgan fingerprint density at radius 1 is 0.742 bits per heavy atom. The highest BCUT2D eigenvalue weighted by Gasteiger charge is 2.61. The SMILES string of the molecule is C=C1C[C@@H](C[C@]2(OC)O[C@H](C[C@H](CC(=O)SC(C)(C)C)O[Si](c3ccccc3)(c3ccccc3)C(C)(C)C)C[C@H](OC(C)=O)C2(C)C)O[C@@H](/C=C/C(C)(C)[C@]2(OC)O[C@H](C[C@@H](OCc3ccc(OC)cc3)[C@@H](C)OCOCc3ccccc3)C/C(=C\C(=O)OC)C2=O)C1. The predicted molar refractivity (Wildman–Crippen MR) is 364 cm³/mol. The summed E-state index contributed by atoms with van der Waals surface area (Å²) in [4.78, 5) is 55.7. The molecule has 0 aromatic heterocycles. The summed E-state index contributed by atoms with van der Waals surface area (Å²) in [6, 6.07) is 38.1. The van der Waals surface area contributed by atoms with Gasteiger partial charge in [-0.3, -0.25) is 14.4 Å². The van der Waals surface area contributed by atoms with Gasteiger partial charge in [-0.1, -0.05) is 208 Å². The molecule has 3 saturated heterocycles. The van der Waals surface area contributed by atoms with Gasteiger partial charge in [0.25, 0.3) is 8.32 Å². The molecule has 4 aromatic carbocycles. The molecule has 3 aliphatic heterocycles. The van der Waals surface area contributed by atoms with Crippen molar-refractivity contribution in [2.75, 3.05) is 35.2 Å². The second-order valence-electron chi connectivity index (χ2n) is 28.0. The zero-order chi connectivity index (χ0) is 68.0. The molecule has 0 bridgehead atoms. The van der Waals surface area contributed by atoms with E-state index in [0.29, 0.717) is 31.6 Å². The van der Waals surface area contributed by atoms with Crippen molar-refractivity contribution in [3.05, 3.63) is 162 Å². The topological polar surface area (TPSA) is 179 Å². The normalized spacial score (nSPS) is 24.5. The zero-order valence-electron chi connectivity index (χ0n) is 57.7. The van der Waals surface area contributed by atoms with Crippen LogP contribution in [0, 0.1) is 10.8 Å². The van der Waals surface area contributed by atoms with E-state index < -0.39 is 102 Å². The number of methoxy groups -OCH3 is 4. The monoisotopic (exact) mass is 1320 g/mol. The van der Waals surface area contributed by atoms with Crippen molar-refractivity contribution in [2.24, 2.45) is 10.8 Å². The second-order valence-corrected chi connectivity index (χ2v) is 34.1. The molecule has 3 heterocycles. The summed E-state index contributed by atoms with van der Waals surface area (Å²) in [6.45, 7) is 28.8. The number of hydrogen-bond donors (Lipinski definition) is 0. The van der Waals surface area contributed by atoms with Crippen molar-refractivity contribution in [2.45, 2.75) is 218 Å². The highest BCUT2D eigenvalue weighted by atomic mass is 32.2. The Labute approximate surface area is 558 Å². The number of carbonyl (C=O) groups is 4. The van der Waals surface area contributed by atoms with Crippen LogP contribution in [0.25, 0.3) is 0 Å². The Hall–Kier alpha value is -5.61. The van der Waals surface area contributed by atoms with Crippen LogP contribution in [0.15, 0.2) is 151 Å². The van der Waals surface area contributed by atoms with Gasteiger partial charge in [0.05, 0.1) is 75.6 Å². The van der Waals surface area contributed by atoms with Crippen LogP contribution in [0.5, 0.6) is 5.75 Å². The summed E-state index contributed by atoms with van der Waals surface area (Å²) in [6.07, 6.45) is 2.20. The summed E-state index contributed by atoms with van der Waals surface area (Å²) in [5, 5.41) is 1.76. The summed E-state index contributed by atoms with van der Waals surface area (Å²) in [7, 11) is 2.68. The molecule has 7 rings (SSSR count). The van der Waals surface area contributed by atoms with E-state index in [9.17, 15) is 14.4 Å². The van der Waals surface area contributed by atoms with E-state index in [2.05, 4.69) is 51.6 Å². The summed E-state index contributed by atoms with van der Waals surface area (Å²) in [5.74, 6) is -4.34. The summed E-state index contributed by atoms with van der Waals surface area (Å²) in [5.41, 5.74) is 0.819. The van der Waals surface area contributed by atoms with Crippen LogP contribution < -0.4 is 15.1 Å². The van der Waals surface area contributed by atoms with Gasteiger partial charge in [-0.25, -0.2) is 4.79 Å². The lowest BCUT2D eigenvalue weighted by Gasteiger charge is -2.56. The minimum atomic E-state index is -3.23. The molecule has 16 nitrogen and oxygen atoms in total. The van der Waals surface area contributed by atoms with E-state index in [1.54, 1.807) is 14.2 Å². The molecule has 93 heavy (non-hydrogen) atoms. The van der Waals surface area contributed by atoms with Gasteiger partial charge in [0.1, 0.15) is 18.6 Å². The van der Waals surface area contributed by atoms with Gasteiger partial charge >= 0.3 is 11.9 Å². The standard InChI is InChI=1S/C75H102O16SSi/c1-51-39-58(37-38-72(10,11)75(83-17)69(79)56(42-67(77)81-15)41-59(90-75)44-65(85-49-55-33-35-57(80-14)36-34-55)52(2)86-50-84-48-54-27-21-18-22-28-54)88-62(40-51)47-74(82-16)73(12,13)66(87-53(3)76)45-60(89-74)43-61(46-68(78)92-70(4,5)6)91-93(71(7,8)9,63-29-23-19-24-30-63)64-31-25-20-26-32-64/h18-38,42,52,58-62,65-66H,1,39-41,43-50H2,2-17H3/b38-37+,56-42+/t52-,58+,59+,60-,61-,62+,65-,66+,74+,75-/m1/s1. The first kappa shape index (κ1) is 74.8. The van der Waals surface area contributed by atoms with E-state index >= 15 is 4.79 Å². The van der Waals surface area contributed by atoms with Crippen LogP contribution in [-0.2, 0) is 84.2 Å². The Kier molecular flexibility index (Phi) is 26.1. The molecule has 0 spiro atoms. The number of hydrogen-bond acceptors (Lipinski definition) is 17. The van der Waals surface area contributed by atoms with Crippen molar-refractivity contribution in [1.82, 2.24) is 0 Å². The van der Waals surface area contributed by atoms with Gasteiger partial charge in [-0.05, 0) is 64.9 Å². The molecule has 3 fully saturated rings. The lowest BCUT2D eigenvalue weighted by atomic mass is 9.70. The van der Waals surface area contributed by atoms with Gasteiger partial charge < -0.3 is 56.5 Å². The molecule has 508 valence electrons. The first-order valence-electron chi connectivity index (χ1n) is 32.4. The Bertz CT molecular complexity index is 3120. The Morgan fingerprint density at radius 3 is 1.91 bits per heavy atom. The molecule has 0 radical (unpaired) electrons. The fraction of sp³-hybridized carbons (Fsp3) is 0.547. The van der Waals surface area contributed by atoms with Crippen LogP contribution in [0.1, 0.15) is 146 Å². The molecule has 3 aliphatic rings. The highest BCUT2D eigenvalue weighted by molar-refractivity contribution is 8.14. The lowest BCUT2D eigenvalue weighted by molar-refractivity contribution is -0.358. The third-order valence-electron chi connectivity index (χ3n) is 18.1. The molecule has 4 aromatic rings. The minimum absolute atomic E-state index is 0.00179. The van der Waals surface area contributed by atoms with Crippen molar-refractivity contribution >= 4 is 53.3 Å². The van der Waals surface area contributed by atoms with E-state index in [1.807, 2.05) is 159 Å². The molecular weight excluding hydrogens is 1220 g/mol. The van der Waals surface area contributed by atoms with Crippen LogP contribution in [0.3, 0.4) is 0 Å². The second kappa shape index (κ2) is 32.4. The van der Waals surface area contributed by atoms with E-state index in [4.69, 9.17) is 56.5 Å². The molecular formula is C75H102O16SSi. The highest BCUT2D eigenvalue weighted by Crippen LogP contribution is 2.52. The maximum atomic E-state index is 15.1. The van der Waals surface area contributed by atoms with Gasteiger partial charge in [0.15, 0.2) is 10.9 Å².